The van der Waals surface area contributed by atoms with Crippen molar-refractivity contribution in [2.45, 2.75) is 52.5 Å². The second kappa shape index (κ2) is 8.14. The smallest absolute Gasteiger partial charge is 0.326 e. The fourth-order valence-electron chi connectivity index (χ4n) is 3.11. The number of nitrogens with one attached hydrogen (secondary N) is 1. The first-order chi connectivity index (χ1) is 11.8. The molecule has 1 heterocycles. The number of aryl methyl sites for hydroxylation is 1. The molecule has 0 aliphatic carbocycles. The molecule has 1 aliphatic heterocycles. The van der Waals surface area contributed by atoms with Crippen molar-refractivity contribution in [3.8, 4) is 0 Å². The van der Waals surface area contributed by atoms with Crippen LogP contribution in [0.2, 0.25) is 0 Å². The zero-order valence-electron chi connectivity index (χ0n) is 15.0. The topological polar surface area (TPSA) is 86.7 Å². The van der Waals surface area contributed by atoms with Crippen molar-refractivity contribution in [3.05, 3.63) is 29.3 Å². The summed E-state index contributed by atoms with van der Waals surface area (Å²) in [5, 5.41) is 12.2. The van der Waals surface area contributed by atoms with Crippen LogP contribution in [-0.2, 0) is 9.59 Å². The van der Waals surface area contributed by atoms with Crippen LogP contribution in [0.3, 0.4) is 0 Å². The molecule has 0 spiro atoms. The number of anilines is 1. The Kier molecular flexibility index (Phi) is 6.17. The lowest BCUT2D eigenvalue weighted by molar-refractivity contribution is -0.143. The Morgan fingerprint density at radius 3 is 2.60 bits per heavy atom. The molecule has 1 fully saturated rings. The van der Waals surface area contributed by atoms with Crippen molar-refractivity contribution in [2.24, 2.45) is 5.92 Å². The number of carbonyl (C=O) groups excluding carboxylic acids is 2. The van der Waals surface area contributed by atoms with Crippen LogP contribution in [0.4, 0.5) is 5.69 Å². The number of rotatable bonds is 5. The predicted octanol–water partition coefficient (Wildman–Crippen LogP) is 3.06. The van der Waals surface area contributed by atoms with Gasteiger partial charge in [0.2, 0.25) is 5.91 Å². The van der Waals surface area contributed by atoms with Gasteiger partial charge in [-0.2, -0.15) is 0 Å². The number of aliphatic carboxylic acids is 1. The largest absolute Gasteiger partial charge is 0.480 e. The SMILES string of the molecule is Cc1cc(C(=O)N2CCCC[C@H]2C(=O)O)ccc1NC(=O)CC(C)C. The van der Waals surface area contributed by atoms with Gasteiger partial charge in [0, 0.05) is 24.2 Å². The summed E-state index contributed by atoms with van der Waals surface area (Å²) in [7, 11) is 0. The van der Waals surface area contributed by atoms with Gasteiger partial charge in [0.05, 0.1) is 0 Å². The molecule has 1 aromatic carbocycles. The Morgan fingerprint density at radius 1 is 1.28 bits per heavy atom. The first-order valence-corrected chi connectivity index (χ1v) is 8.74. The highest BCUT2D eigenvalue weighted by molar-refractivity contribution is 5.98. The van der Waals surface area contributed by atoms with Crippen molar-refractivity contribution >= 4 is 23.5 Å². The molecule has 2 amide bonds. The van der Waals surface area contributed by atoms with Crippen molar-refractivity contribution in [2.75, 3.05) is 11.9 Å². The van der Waals surface area contributed by atoms with E-state index < -0.39 is 12.0 Å². The molecule has 2 N–H and O–H groups in total. The molecule has 0 unspecified atom stereocenters. The van der Waals surface area contributed by atoms with Crippen LogP contribution >= 0.6 is 0 Å². The lowest BCUT2D eigenvalue weighted by atomic mass is 10.00. The highest BCUT2D eigenvalue weighted by Crippen LogP contribution is 2.23. The third-order valence-corrected chi connectivity index (χ3v) is 4.39. The third-order valence-electron chi connectivity index (χ3n) is 4.39. The van der Waals surface area contributed by atoms with Gasteiger partial charge in [-0.25, -0.2) is 4.79 Å². The highest BCUT2D eigenvalue weighted by Gasteiger charge is 2.32. The van der Waals surface area contributed by atoms with E-state index in [1.165, 1.54) is 4.90 Å². The number of carboxylic acid groups (broad SMARTS) is 1. The van der Waals surface area contributed by atoms with E-state index in [-0.39, 0.29) is 17.7 Å². The van der Waals surface area contributed by atoms with Gasteiger partial charge in [0.1, 0.15) is 6.04 Å². The Bertz CT molecular complexity index is 669. The third kappa shape index (κ3) is 4.81. The Morgan fingerprint density at radius 2 is 2.00 bits per heavy atom. The van der Waals surface area contributed by atoms with E-state index in [1.807, 2.05) is 20.8 Å². The maximum Gasteiger partial charge on any atom is 0.326 e. The van der Waals surface area contributed by atoms with Crippen molar-refractivity contribution < 1.29 is 19.5 Å². The van der Waals surface area contributed by atoms with Crippen LogP contribution in [0.15, 0.2) is 18.2 Å². The zero-order chi connectivity index (χ0) is 18.6. The van der Waals surface area contributed by atoms with Crippen molar-refractivity contribution in [3.63, 3.8) is 0 Å². The van der Waals surface area contributed by atoms with Crippen LogP contribution in [-0.4, -0.2) is 40.4 Å². The lowest BCUT2D eigenvalue weighted by Crippen LogP contribution is -2.48. The molecule has 0 bridgehead atoms. The summed E-state index contributed by atoms with van der Waals surface area (Å²) < 4.78 is 0. The van der Waals surface area contributed by atoms with E-state index in [1.54, 1.807) is 18.2 Å². The molecule has 0 saturated carbocycles. The van der Waals surface area contributed by atoms with E-state index >= 15 is 0 Å². The van der Waals surface area contributed by atoms with E-state index in [4.69, 9.17) is 0 Å². The van der Waals surface area contributed by atoms with Gasteiger partial charge >= 0.3 is 5.97 Å². The lowest BCUT2D eigenvalue weighted by Gasteiger charge is -2.33. The van der Waals surface area contributed by atoms with E-state index in [0.29, 0.717) is 30.6 Å². The van der Waals surface area contributed by atoms with Gasteiger partial charge in [-0.05, 0) is 55.9 Å². The summed E-state index contributed by atoms with van der Waals surface area (Å²) in [4.78, 5) is 37.5. The van der Waals surface area contributed by atoms with Gasteiger partial charge in [-0.15, -0.1) is 0 Å². The number of piperidine rings is 1. The second-order valence-corrected chi connectivity index (χ2v) is 7.02. The van der Waals surface area contributed by atoms with Crippen molar-refractivity contribution in [1.29, 1.82) is 0 Å². The number of hydrogen-bond acceptors (Lipinski definition) is 3. The summed E-state index contributed by atoms with van der Waals surface area (Å²) in [6.45, 7) is 6.24. The quantitative estimate of drug-likeness (QED) is 0.858. The molecule has 1 saturated heterocycles. The molecule has 25 heavy (non-hydrogen) atoms. The normalized spacial score (nSPS) is 17.4. The van der Waals surface area contributed by atoms with Crippen LogP contribution in [0.25, 0.3) is 0 Å². The molecular weight excluding hydrogens is 320 g/mol. The Balaban J connectivity index is 2.14. The van der Waals surface area contributed by atoms with E-state index in [0.717, 1.165) is 18.4 Å². The molecule has 1 aromatic rings. The van der Waals surface area contributed by atoms with Crippen LogP contribution in [0, 0.1) is 12.8 Å². The number of amides is 2. The summed E-state index contributed by atoms with van der Waals surface area (Å²) in [5.41, 5.74) is 1.91. The number of likely N-dealkylation sites (tertiary alicyclic amines) is 1. The molecule has 136 valence electrons. The molecule has 6 heteroatoms. The van der Waals surface area contributed by atoms with E-state index in [2.05, 4.69) is 5.32 Å². The molecular formula is C19H26N2O4. The fraction of sp³-hybridized carbons (Fsp3) is 0.526. The average Bonchev–Trinajstić information content (AvgIpc) is 2.55. The van der Waals surface area contributed by atoms with Gasteiger partial charge in [-0.3, -0.25) is 9.59 Å². The number of carbonyl (C=O) groups is 3. The van der Waals surface area contributed by atoms with E-state index in [9.17, 15) is 19.5 Å². The maximum absolute atomic E-state index is 12.7. The van der Waals surface area contributed by atoms with Gasteiger partial charge in [-0.1, -0.05) is 13.8 Å². The molecule has 6 nitrogen and oxygen atoms in total. The monoisotopic (exact) mass is 346 g/mol. The number of nitrogens with zero attached hydrogens (tertiary/aromatic N) is 1. The van der Waals surface area contributed by atoms with Crippen molar-refractivity contribution in [1.82, 2.24) is 4.90 Å². The minimum Gasteiger partial charge on any atom is -0.480 e. The zero-order valence-corrected chi connectivity index (χ0v) is 15.0. The molecule has 0 aromatic heterocycles. The summed E-state index contributed by atoms with van der Waals surface area (Å²) in [6.07, 6.45) is 2.57. The van der Waals surface area contributed by atoms with Crippen LogP contribution in [0.5, 0.6) is 0 Å². The fourth-order valence-corrected chi connectivity index (χ4v) is 3.11. The Labute approximate surface area is 148 Å². The van der Waals surface area contributed by atoms with Gasteiger partial charge < -0.3 is 15.3 Å². The highest BCUT2D eigenvalue weighted by atomic mass is 16.4. The molecule has 0 radical (unpaired) electrons. The standard InChI is InChI=1S/C19H26N2O4/c1-12(2)10-17(22)20-15-8-7-14(11-13(15)3)18(23)21-9-5-4-6-16(21)19(24)25/h7-8,11-12,16H,4-6,9-10H2,1-3H3,(H,20,22)(H,24,25)/t16-/m0/s1. The first kappa shape index (κ1) is 19.0. The maximum atomic E-state index is 12.7. The number of benzene rings is 1. The molecule has 2 rings (SSSR count). The summed E-state index contributed by atoms with van der Waals surface area (Å²) in [5.74, 6) is -1.01. The molecule has 1 atom stereocenters. The average molecular weight is 346 g/mol. The van der Waals surface area contributed by atoms with Gasteiger partial charge in [0.25, 0.3) is 5.91 Å². The summed E-state index contributed by atoms with van der Waals surface area (Å²) in [6, 6.07) is 4.31. The van der Waals surface area contributed by atoms with Gasteiger partial charge in [0.15, 0.2) is 0 Å². The molecule has 1 aliphatic rings. The summed E-state index contributed by atoms with van der Waals surface area (Å²) >= 11 is 0. The van der Waals surface area contributed by atoms with Crippen LogP contribution in [0.1, 0.15) is 55.5 Å². The first-order valence-electron chi connectivity index (χ1n) is 8.74. The number of carboxylic acids is 1. The second-order valence-electron chi connectivity index (χ2n) is 7.02. The predicted molar refractivity (Wildman–Crippen MR) is 95.6 cm³/mol. The minimum atomic E-state index is -0.956. The van der Waals surface area contributed by atoms with Crippen LogP contribution < -0.4 is 5.32 Å². The Hall–Kier alpha value is -2.37. The minimum absolute atomic E-state index is 0.0563. The number of hydrogen-bond donors (Lipinski definition) is 2.